The average Bonchev–Trinajstić information content (AvgIpc) is 2.95. The highest BCUT2D eigenvalue weighted by Gasteiger charge is 2.53. The molecule has 0 N–H and O–H groups in total. The minimum absolute atomic E-state index is 0.495. The summed E-state index contributed by atoms with van der Waals surface area (Å²) in [6.07, 6.45) is 12.0. The number of aliphatic imine (C=N–C) groups is 1. The summed E-state index contributed by atoms with van der Waals surface area (Å²) in [6.45, 7) is 2.58. The smallest absolute Gasteiger partial charge is 0.0600 e. The van der Waals surface area contributed by atoms with Gasteiger partial charge in [0.2, 0.25) is 0 Å². The molecule has 2 aliphatic heterocycles. The molecule has 0 radical (unpaired) electrons. The molecule has 3 aliphatic rings. The molecule has 0 amide bonds. The van der Waals surface area contributed by atoms with Crippen molar-refractivity contribution in [2.45, 2.75) is 31.7 Å². The summed E-state index contributed by atoms with van der Waals surface area (Å²) in [5.41, 5.74) is 0.495. The maximum atomic E-state index is 4.53. The van der Waals surface area contributed by atoms with E-state index in [4.69, 9.17) is 0 Å². The van der Waals surface area contributed by atoms with Crippen LogP contribution in [0.5, 0.6) is 0 Å². The Bertz CT molecular complexity index is 300. The van der Waals surface area contributed by atoms with Crippen LogP contribution in [-0.4, -0.2) is 37.3 Å². The summed E-state index contributed by atoms with van der Waals surface area (Å²) in [4.78, 5) is 6.99. The maximum Gasteiger partial charge on any atom is 0.0600 e. The van der Waals surface area contributed by atoms with Gasteiger partial charge < -0.3 is 4.90 Å². The lowest BCUT2D eigenvalue weighted by Gasteiger charge is -2.31. The number of hydrogen-bond acceptors (Lipinski definition) is 2. The molecule has 1 saturated heterocycles. The highest BCUT2D eigenvalue weighted by Crippen LogP contribution is 2.56. The minimum atomic E-state index is 0.495. The van der Waals surface area contributed by atoms with Gasteiger partial charge >= 0.3 is 0 Å². The molecular formula is C13H20N2. The Kier molecular flexibility index (Phi) is 2.20. The molecule has 2 nitrogen and oxygen atoms in total. The molecule has 2 fully saturated rings. The number of nitrogens with zero attached hydrogens (tertiary/aromatic N) is 2. The number of rotatable bonds is 2. The molecule has 0 aromatic heterocycles. The first-order chi connectivity index (χ1) is 7.28. The Morgan fingerprint density at radius 1 is 1.40 bits per heavy atom. The van der Waals surface area contributed by atoms with E-state index in [-0.39, 0.29) is 0 Å². The molecule has 2 atom stereocenters. The number of piperidine rings is 1. The fourth-order valence-corrected chi connectivity index (χ4v) is 3.16. The van der Waals surface area contributed by atoms with E-state index < -0.39 is 0 Å². The second-order valence-corrected chi connectivity index (χ2v) is 5.56. The maximum absolute atomic E-state index is 4.53. The zero-order valence-electron chi connectivity index (χ0n) is 9.52. The van der Waals surface area contributed by atoms with Crippen LogP contribution in [0, 0.1) is 11.3 Å². The van der Waals surface area contributed by atoms with Gasteiger partial charge in [-0.1, -0.05) is 6.08 Å². The van der Waals surface area contributed by atoms with E-state index >= 15 is 0 Å². The fourth-order valence-electron chi connectivity index (χ4n) is 3.16. The minimum Gasteiger partial charge on any atom is -0.306 e. The fraction of sp³-hybridized carbons (Fsp3) is 0.769. The van der Waals surface area contributed by atoms with Crippen molar-refractivity contribution in [1.29, 1.82) is 0 Å². The standard InChI is InChI=1S/C13H20N2/c1-15-7-3-11(4-8-15)9-13-5-2-6-14-12(13)10-13/h2,5-6,11-12H,3-4,7-10H2,1H3. The summed E-state index contributed by atoms with van der Waals surface area (Å²) in [5.74, 6) is 0.948. The molecular weight excluding hydrogens is 184 g/mol. The predicted molar refractivity (Wildman–Crippen MR) is 63.3 cm³/mol. The van der Waals surface area contributed by atoms with Crippen molar-refractivity contribution in [2.75, 3.05) is 20.1 Å². The van der Waals surface area contributed by atoms with Crippen LogP contribution in [0.4, 0.5) is 0 Å². The molecule has 1 saturated carbocycles. The molecule has 3 rings (SSSR count). The summed E-state index contributed by atoms with van der Waals surface area (Å²) >= 11 is 0. The van der Waals surface area contributed by atoms with Gasteiger partial charge in [0, 0.05) is 11.6 Å². The molecule has 2 unspecified atom stereocenters. The lowest BCUT2D eigenvalue weighted by molar-refractivity contribution is 0.197. The summed E-state index contributed by atoms with van der Waals surface area (Å²) in [7, 11) is 2.24. The second-order valence-electron chi connectivity index (χ2n) is 5.56. The van der Waals surface area contributed by atoms with Crippen molar-refractivity contribution in [3.05, 3.63) is 12.2 Å². The molecule has 15 heavy (non-hydrogen) atoms. The van der Waals surface area contributed by atoms with E-state index in [1.165, 1.54) is 38.8 Å². The van der Waals surface area contributed by atoms with Crippen LogP contribution >= 0.6 is 0 Å². The lowest BCUT2D eigenvalue weighted by atomic mass is 9.84. The third kappa shape index (κ3) is 1.76. The number of allylic oxidation sites excluding steroid dienone is 1. The normalized spacial score (nSPS) is 40.5. The van der Waals surface area contributed by atoms with E-state index in [1.54, 1.807) is 0 Å². The third-order valence-corrected chi connectivity index (χ3v) is 4.36. The number of fused-ring (bicyclic) bond motifs is 1. The van der Waals surface area contributed by atoms with Gasteiger partial charge in [-0.15, -0.1) is 0 Å². The van der Waals surface area contributed by atoms with Crippen molar-refractivity contribution >= 4 is 6.21 Å². The Morgan fingerprint density at radius 3 is 2.93 bits per heavy atom. The van der Waals surface area contributed by atoms with Crippen LogP contribution in [0.25, 0.3) is 0 Å². The van der Waals surface area contributed by atoms with Crippen LogP contribution in [0.1, 0.15) is 25.7 Å². The van der Waals surface area contributed by atoms with Crippen LogP contribution in [0.2, 0.25) is 0 Å². The van der Waals surface area contributed by atoms with Crippen LogP contribution < -0.4 is 0 Å². The van der Waals surface area contributed by atoms with Gasteiger partial charge in [-0.2, -0.15) is 0 Å². The van der Waals surface area contributed by atoms with Crippen molar-refractivity contribution in [3.8, 4) is 0 Å². The van der Waals surface area contributed by atoms with E-state index in [0.29, 0.717) is 11.5 Å². The van der Waals surface area contributed by atoms with Gasteiger partial charge in [0.1, 0.15) is 0 Å². The zero-order valence-corrected chi connectivity index (χ0v) is 9.52. The first-order valence-electron chi connectivity index (χ1n) is 6.18. The average molecular weight is 204 g/mol. The van der Waals surface area contributed by atoms with Crippen LogP contribution in [0.15, 0.2) is 17.1 Å². The van der Waals surface area contributed by atoms with E-state index in [0.717, 1.165) is 5.92 Å². The molecule has 0 aromatic carbocycles. The van der Waals surface area contributed by atoms with Crippen molar-refractivity contribution in [3.63, 3.8) is 0 Å². The van der Waals surface area contributed by atoms with Gasteiger partial charge in [-0.25, -0.2) is 0 Å². The first kappa shape index (κ1) is 9.59. The molecule has 82 valence electrons. The number of hydrogen-bond donors (Lipinski definition) is 0. The number of dihydropyridines is 1. The summed E-state index contributed by atoms with van der Waals surface area (Å²) in [6, 6.07) is 0.641. The molecule has 2 heterocycles. The first-order valence-corrected chi connectivity index (χ1v) is 6.18. The zero-order chi connectivity index (χ0) is 10.3. The summed E-state index contributed by atoms with van der Waals surface area (Å²) < 4.78 is 0. The topological polar surface area (TPSA) is 15.6 Å². The van der Waals surface area contributed by atoms with Gasteiger partial charge in [0.25, 0.3) is 0 Å². The monoisotopic (exact) mass is 204 g/mol. The molecule has 0 aromatic rings. The highest BCUT2D eigenvalue weighted by atomic mass is 15.1. The van der Waals surface area contributed by atoms with Crippen LogP contribution in [0.3, 0.4) is 0 Å². The second kappa shape index (κ2) is 3.44. The van der Waals surface area contributed by atoms with E-state index in [9.17, 15) is 0 Å². The van der Waals surface area contributed by atoms with Gasteiger partial charge in [0.05, 0.1) is 6.04 Å². The van der Waals surface area contributed by atoms with Gasteiger partial charge in [0.15, 0.2) is 0 Å². The highest BCUT2D eigenvalue weighted by molar-refractivity contribution is 5.74. The van der Waals surface area contributed by atoms with Gasteiger partial charge in [-0.3, -0.25) is 4.99 Å². The Labute approximate surface area is 92.1 Å². The Morgan fingerprint density at radius 2 is 2.20 bits per heavy atom. The van der Waals surface area contributed by atoms with Crippen molar-refractivity contribution in [1.82, 2.24) is 4.90 Å². The Hall–Kier alpha value is -0.630. The van der Waals surface area contributed by atoms with Gasteiger partial charge in [-0.05, 0) is 57.8 Å². The van der Waals surface area contributed by atoms with E-state index in [2.05, 4.69) is 29.1 Å². The Balaban J connectivity index is 1.58. The van der Waals surface area contributed by atoms with E-state index in [1.807, 2.05) is 6.21 Å². The molecule has 2 heteroatoms. The third-order valence-electron chi connectivity index (χ3n) is 4.36. The number of likely N-dealkylation sites (tertiary alicyclic amines) is 1. The predicted octanol–water partition coefficient (Wildman–Crippen LogP) is 2.12. The largest absolute Gasteiger partial charge is 0.306 e. The molecule has 0 bridgehead atoms. The van der Waals surface area contributed by atoms with Crippen molar-refractivity contribution < 1.29 is 0 Å². The van der Waals surface area contributed by atoms with Crippen molar-refractivity contribution in [2.24, 2.45) is 16.3 Å². The van der Waals surface area contributed by atoms with Crippen LogP contribution in [-0.2, 0) is 0 Å². The molecule has 1 aliphatic carbocycles. The summed E-state index contributed by atoms with van der Waals surface area (Å²) in [5, 5.41) is 0. The lowest BCUT2D eigenvalue weighted by Crippen LogP contribution is -2.31. The quantitative estimate of drug-likeness (QED) is 0.672. The molecule has 0 spiro atoms. The SMILES string of the molecule is CN1CCC(CC23C=CC=NC2C3)CC1.